The molecule has 3 heteroatoms. The highest BCUT2D eigenvalue weighted by Crippen LogP contribution is 2.24. The van der Waals surface area contributed by atoms with Crippen molar-refractivity contribution in [1.29, 1.82) is 0 Å². The van der Waals surface area contributed by atoms with Crippen molar-refractivity contribution >= 4 is 5.69 Å². The molecule has 3 nitrogen and oxygen atoms in total. The van der Waals surface area contributed by atoms with Crippen molar-refractivity contribution in [3.8, 4) is 0 Å². The lowest BCUT2D eigenvalue weighted by Gasteiger charge is -2.33. The minimum atomic E-state index is 0.224. The van der Waals surface area contributed by atoms with Gasteiger partial charge in [-0.2, -0.15) is 0 Å². The van der Waals surface area contributed by atoms with E-state index in [4.69, 9.17) is 10.5 Å². The Morgan fingerprint density at radius 1 is 1.35 bits per heavy atom. The first-order chi connectivity index (χ1) is 9.60. The summed E-state index contributed by atoms with van der Waals surface area (Å²) in [5.74, 6) is 0. The molecule has 1 atom stereocenters. The van der Waals surface area contributed by atoms with Gasteiger partial charge in [0.05, 0.1) is 6.10 Å². The van der Waals surface area contributed by atoms with Crippen LogP contribution in [0.2, 0.25) is 0 Å². The SMILES string of the molecule is CCOC1CCN(c2ccc(CC(C)N)c(C)c2)CC1. The van der Waals surface area contributed by atoms with Crippen LogP contribution in [-0.4, -0.2) is 31.8 Å². The summed E-state index contributed by atoms with van der Waals surface area (Å²) in [5, 5.41) is 0. The van der Waals surface area contributed by atoms with Crippen molar-refractivity contribution in [3.63, 3.8) is 0 Å². The molecule has 0 saturated carbocycles. The molecule has 1 aromatic carbocycles. The van der Waals surface area contributed by atoms with E-state index in [2.05, 4.69) is 43.9 Å². The zero-order chi connectivity index (χ0) is 14.5. The van der Waals surface area contributed by atoms with Crippen LogP contribution >= 0.6 is 0 Å². The normalized spacial score (nSPS) is 18.3. The molecule has 0 aliphatic carbocycles. The summed E-state index contributed by atoms with van der Waals surface area (Å²) in [6, 6.07) is 7.01. The molecule has 1 aromatic rings. The maximum absolute atomic E-state index is 5.89. The molecule has 0 amide bonds. The van der Waals surface area contributed by atoms with Crippen molar-refractivity contribution in [2.45, 2.75) is 52.2 Å². The fourth-order valence-electron chi connectivity index (χ4n) is 2.97. The van der Waals surface area contributed by atoms with Crippen molar-refractivity contribution in [3.05, 3.63) is 29.3 Å². The van der Waals surface area contributed by atoms with Crippen molar-refractivity contribution < 1.29 is 4.74 Å². The molecule has 1 unspecified atom stereocenters. The fourth-order valence-corrected chi connectivity index (χ4v) is 2.97. The molecule has 2 rings (SSSR count). The Labute approximate surface area is 123 Å². The van der Waals surface area contributed by atoms with E-state index in [0.717, 1.165) is 39.0 Å². The third kappa shape index (κ3) is 3.97. The average Bonchev–Trinajstić information content (AvgIpc) is 2.42. The van der Waals surface area contributed by atoms with Gasteiger partial charge in [0.2, 0.25) is 0 Å². The van der Waals surface area contributed by atoms with E-state index >= 15 is 0 Å². The van der Waals surface area contributed by atoms with E-state index in [1.165, 1.54) is 16.8 Å². The molecule has 0 spiro atoms. The fraction of sp³-hybridized carbons (Fsp3) is 0.647. The van der Waals surface area contributed by atoms with E-state index in [9.17, 15) is 0 Å². The highest BCUT2D eigenvalue weighted by Gasteiger charge is 2.19. The molecule has 0 bridgehead atoms. The van der Waals surface area contributed by atoms with Crippen LogP contribution in [0.25, 0.3) is 0 Å². The van der Waals surface area contributed by atoms with Gasteiger partial charge >= 0.3 is 0 Å². The highest BCUT2D eigenvalue weighted by molar-refractivity contribution is 5.51. The van der Waals surface area contributed by atoms with E-state index in [1.54, 1.807) is 0 Å². The summed E-state index contributed by atoms with van der Waals surface area (Å²) in [7, 11) is 0. The first-order valence-corrected chi connectivity index (χ1v) is 7.81. The molecule has 1 aliphatic rings. The van der Waals surface area contributed by atoms with Gasteiger partial charge in [0.25, 0.3) is 0 Å². The third-order valence-electron chi connectivity index (χ3n) is 4.08. The van der Waals surface area contributed by atoms with Crippen LogP contribution in [0.5, 0.6) is 0 Å². The highest BCUT2D eigenvalue weighted by atomic mass is 16.5. The van der Waals surface area contributed by atoms with Crippen LogP contribution in [0.15, 0.2) is 18.2 Å². The Bertz CT molecular complexity index is 423. The number of piperidine rings is 1. The number of hydrogen-bond donors (Lipinski definition) is 1. The van der Waals surface area contributed by atoms with Crippen LogP contribution in [0.3, 0.4) is 0 Å². The lowest BCUT2D eigenvalue weighted by Crippen LogP contribution is -2.37. The molecule has 1 fully saturated rings. The van der Waals surface area contributed by atoms with Crippen molar-refractivity contribution in [2.24, 2.45) is 5.73 Å². The summed E-state index contributed by atoms with van der Waals surface area (Å²) in [5.41, 5.74) is 9.95. The molecule has 112 valence electrons. The Balaban J connectivity index is 1.98. The first kappa shape index (κ1) is 15.3. The van der Waals surface area contributed by atoms with Crippen LogP contribution in [0.4, 0.5) is 5.69 Å². The number of nitrogens with two attached hydrogens (primary N) is 1. The van der Waals surface area contributed by atoms with E-state index in [0.29, 0.717) is 6.10 Å². The summed E-state index contributed by atoms with van der Waals surface area (Å²) in [6.45, 7) is 9.34. The standard InChI is InChI=1S/C17H28N2O/c1-4-20-17-7-9-19(10-8-17)16-6-5-15(12-14(3)18)13(2)11-16/h5-6,11,14,17H,4,7-10,12,18H2,1-3H3. The van der Waals surface area contributed by atoms with Crippen LogP contribution in [0, 0.1) is 6.92 Å². The number of nitrogens with zero attached hydrogens (tertiary/aromatic N) is 1. The number of hydrogen-bond acceptors (Lipinski definition) is 3. The number of anilines is 1. The summed E-state index contributed by atoms with van der Waals surface area (Å²) in [4.78, 5) is 2.47. The topological polar surface area (TPSA) is 38.5 Å². The second kappa shape index (κ2) is 7.09. The summed E-state index contributed by atoms with van der Waals surface area (Å²) < 4.78 is 5.71. The number of ether oxygens (including phenoxy) is 1. The Hall–Kier alpha value is -1.06. The molecule has 0 aromatic heterocycles. The molecule has 1 saturated heterocycles. The largest absolute Gasteiger partial charge is 0.378 e. The molecular formula is C17H28N2O. The van der Waals surface area contributed by atoms with Gasteiger partial charge in [-0.15, -0.1) is 0 Å². The summed E-state index contributed by atoms with van der Waals surface area (Å²) in [6.07, 6.45) is 3.68. The lowest BCUT2D eigenvalue weighted by atomic mass is 10.0. The van der Waals surface area contributed by atoms with Crippen molar-refractivity contribution in [2.75, 3.05) is 24.6 Å². The summed E-state index contributed by atoms with van der Waals surface area (Å²) >= 11 is 0. The van der Waals surface area contributed by atoms with E-state index in [1.807, 2.05) is 0 Å². The molecule has 1 aliphatic heterocycles. The number of rotatable bonds is 5. The number of aryl methyl sites for hydroxylation is 1. The van der Waals surface area contributed by atoms with Gasteiger partial charge in [-0.05, 0) is 63.3 Å². The number of benzene rings is 1. The van der Waals surface area contributed by atoms with Gasteiger partial charge in [0, 0.05) is 31.4 Å². The van der Waals surface area contributed by atoms with E-state index in [-0.39, 0.29) is 6.04 Å². The van der Waals surface area contributed by atoms with Gasteiger partial charge in [0.1, 0.15) is 0 Å². The molecular weight excluding hydrogens is 248 g/mol. The van der Waals surface area contributed by atoms with Gasteiger partial charge in [0.15, 0.2) is 0 Å². The molecule has 0 radical (unpaired) electrons. The quantitative estimate of drug-likeness (QED) is 0.898. The van der Waals surface area contributed by atoms with E-state index < -0.39 is 0 Å². The van der Waals surface area contributed by atoms with Crippen LogP contribution < -0.4 is 10.6 Å². The van der Waals surface area contributed by atoms with Gasteiger partial charge < -0.3 is 15.4 Å². The predicted molar refractivity (Wildman–Crippen MR) is 85.4 cm³/mol. The Morgan fingerprint density at radius 3 is 2.60 bits per heavy atom. The lowest BCUT2D eigenvalue weighted by molar-refractivity contribution is 0.0459. The second-order valence-electron chi connectivity index (χ2n) is 5.93. The van der Waals surface area contributed by atoms with Crippen LogP contribution in [0.1, 0.15) is 37.8 Å². The maximum atomic E-state index is 5.89. The molecule has 20 heavy (non-hydrogen) atoms. The third-order valence-corrected chi connectivity index (χ3v) is 4.08. The Kier molecular flexibility index (Phi) is 5.44. The zero-order valence-corrected chi connectivity index (χ0v) is 13.1. The Morgan fingerprint density at radius 2 is 2.05 bits per heavy atom. The molecule has 2 N–H and O–H groups in total. The average molecular weight is 276 g/mol. The zero-order valence-electron chi connectivity index (χ0n) is 13.1. The monoisotopic (exact) mass is 276 g/mol. The minimum absolute atomic E-state index is 0.224. The minimum Gasteiger partial charge on any atom is -0.378 e. The first-order valence-electron chi connectivity index (χ1n) is 7.81. The van der Waals surface area contributed by atoms with Gasteiger partial charge in [-0.25, -0.2) is 0 Å². The van der Waals surface area contributed by atoms with Gasteiger partial charge in [-0.1, -0.05) is 6.07 Å². The van der Waals surface area contributed by atoms with Crippen LogP contribution in [-0.2, 0) is 11.2 Å². The van der Waals surface area contributed by atoms with Crippen molar-refractivity contribution in [1.82, 2.24) is 0 Å². The van der Waals surface area contributed by atoms with Gasteiger partial charge in [-0.3, -0.25) is 0 Å². The molecule has 1 heterocycles. The predicted octanol–water partition coefficient (Wildman–Crippen LogP) is 2.89. The smallest absolute Gasteiger partial charge is 0.0608 e. The second-order valence-corrected chi connectivity index (χ2v) is 5.93. The maximum Gasteiger partial charge on any atom is 0.0608 e.